The highest BCUT2D eigenvalue weighted by Gasteiger charge is 2.39. The van der Waals surface area contributed by atoms with Crippen molar-refractivity contribution in [3.05, 3.63) is 12.5 Å². The van der Waals surface area contributed by atoms with Gasteiger partial charge >= 0.3 is 0 Å². The molecule has 1 unspecified atom stereocenters. The summed E-state index contributed by atoms with van der Waals surface area (Å²) in [5.41, 5.74) is 5.83. The highest BCUT2D eigenvalue weighted by molar-refractivity contribution is 7.89. The van der Waals surface area contributed by atoms with Gasteiger partial charge in [0.25, 0.3) is 10.0 Å². The number of sulfonamides is 1. The van der Waals surface area contributed by atoms with Crippen molar-refractivity contribution in [3.8, 4) is 0 Å². The van der Waals surface area contributed by atoms with Crippen molar-refractivity contribution in [1.82, 2.24) is 13.9 Å². The van der Waals surface area contributed by atoms with Gasteiger partial charge in [0.15, 0.2) is 5.03 Å². The van der Waals surface area contributed by atoms with Crippen molar-refractivity contribution in [2.45, 2.75) is 44.8 Å². The predicted molar refractivity (Wildman–Crippen MR) is 80.3 cm³/mol. The standard InChI is InChI=1S/C12H22N4O2S.ClH/c1-4-15-7-11(14-9-15)19(17,18)16-6-5-10(13)12(2,3)8-16;/h7,9-10H,4-6,8,13H2,1-3H3;1H. The molecule has 1 fully saturated rings. The van der Waals surface area contributed by atoms with Crippen LogP contribution in [0.1, 0.15) is 27.2 Å². The molecule has 0 aromatic carbocycles. The quantitative estimate of drug-likeness (QED) is 0.902. The Morgan fingerprint density at radius 1 is 1.50 bits per heavy atom. The van der Waals surface area contributed by atoms with Crippen molar-refractivity contribution in [2.75, 3.05) is 13.1 Å². The van der Waals surface area contributed by atoms with E-state index in [-0.39, 0.29) is 28.9 Å². The van der Waals surface area contributed by atoms with Crippen molar-refractivity contribution >= 4 is 22.4 Å². The van der Waals surface area contributed by atoms with Gasteiger partial charge in [-0.05, 0) is 18.8 Å². The van der Waals surface area contributed by atoms with Crippen LogP contribution in [0, 0.1) is 5.41 Å². The summed E-state index contributed by atoms with van der Waals surface area (Å²) in [5.74, 6) is 0. The van der Waals surface area contributed by atoms with Gasteiger partial charge in [0.1, 0.15) is 0 Å². The molecule has 0 spiro atoms. The van der Waals surface area contributed by atoms with Crippen molar-refractivity contribution in [2.24, 2.45) is 11.1 Å². The molecular formula is C12H23ClN4O2S. The first kappa shape index (κ1) is 17.4. The molecule has 2 heterocycles. The second-order valence-corrected chi connectivity index (χ2v) is 7.65. The Kier molecular flexibility index (Phi) is 5.23. The van der Waals surface area contributed by atoms with E-state index in [1.807, 2.05) is 20.8 Å². The lowest BCUT2D eigenvalue weighted by Gasteiger charge is -2.41. The van der Waals surface area contributed by atoms with Gasteiger partial charge in [0.2, 0.25) is 0 Å². The number of aryl methyl sites for hydroxylation is 1. The summed E-state index contributed by atoms with van der Waals surface area (Å²) >= 11 is 0. The Morgan fingerprint density at radius 3 is 2.65 bits per heavy atom. The summed E-state index contributed by atoms with van der Waals surface area (Å²) in [4.78, 5) is 4.00. The van der Waals surface area contributed by atoms with Crippen LogP contribution in [0.25, 0.3) is 0 Å². The van der Waals surface area contributed by atoms with Crippen LogP contribution in [-0.2, 0) is 16.6 Å². The zero-order valence-corrected chi connectivity index (χ0v) is 13.7. The first-order valence-electron chi connectivity index (χ1n) is 6.55. The fourth-order valence-electron chi connectivity index (χ4n) is 2.31. The number of imidazole rings is 1. The maximum absolute atomic E-state index is 12.5. The van der Waals surface area contributed by atoms with Crippen LogP contribution in [0.5, 0.6) is 0 Å². The normalized spacial score (nSPS) is 23.3. The summed E-state index contributed by atoms with van der Waals surface area (Å²) in [5, 5.41) is 0.126. The van der Waals surface area contributed by atoms with Gasteiger partial charge in [-0.25, -0.2) is 13.4 Å². The maximum atomic E-state index is 12.5. The van der Waals surface area contributed by atoms with E-state index in [9.17, 15) is 8.42 Å². The number of nitrogens with zero attached hydrogens (tertiary/aromatic N) is 3. The molecule has 1 aliphatic heterocycles. The van der Waals surface area contributed by atoms with E-state index < -0.39 is 10.0 Å². The molecule has 1 aromatic heterocycles. The van der Waals surface area contributed by atoms with Gasteiger partial charge in [0, 0.05) is 31.9 Å². The topological polar surface area (TPSA) is 81.2 Å². The number of aromatic nitrogens is 2. The van der Waals surface area contributed by atoms with Gasteiger partial charge in [0.05, 0.1) is 6.33 Å². The molecule has 0 saturated carbocycles. The molecule has 0 amide bonds. The fraction of sp³-hybridized carbons (Fsp3) is 0.750. The molecule has 2 rings (SSSR count). The van der Waals surface area contributed by atoms with E-state index in [4.69, 9.17) is 5.73 Å². The predicted octanol–water partition coefficient (Wildman–Crippen LogP) is 1.07. The van der Waals surface area contributed by atoms with Crippen LogP contribution in [0.15, 0.2) is 17.6 Å². The minimum absolute atomic E-state index is 0. The first-order chi connectivity index (χ1) is 8.77. The van der Waals surface area contributed by atoms with Crippen molar-refractivity contribution in [3.63, 3.8) is 0 Å². The lowest BCUT2D eigenvalue weighted by Crippen LogP contribution is -2.53. The van der Waals surface area contributed by atoms with Crippen LogP contribution < -0.4 is 5.73 Å². The molecule has 6 nitrogen and oxygen atoms in total. The summed E-state index contributed by atoms with van der Waals surface area (Å²) in [6.45, 7) is 7.56. The fourth-order valence-corrected chi connectivity index (χ4v) is 3.87. The average Bonchev–Trinajstić information content (AvgIpc) is 2.81. The van der Waals surface area contributed by atoms with E-state index >= 15 is 0 Å². The molecule has 1 atom stereocenters. The molecule has 0 radical (unpaired) electrons. The molecule has 1 saturated heterocycles. The van der Waals surface area contributed by atoms with Crippen LogP contribution in [0.4, 0.5) is 0 Å². The Bertz CT molecular complexity index is 556. The lowest BCUT2D eigenvalue weighted by atomic mass is 9.81. The second kappa shape index (κ2) is 6.01. The Balaban J connectivity index is 0.00000200. The molecular weight excluding hydrogens is 300 g/mol. The maximum Gasteiger partial charge on any atom is 0.262 e. The first-order valence-corrected chi connectivity index (χ1v) is 7.99. The van der Waals surface area contributed by atoms with E-state index in [0.29, 0.717) is 26.1 Å². The van der Waals surface area contributed by atoms with Crippen LogP contribution in [0.2, 0.25) is 0 Å². The minimum Gasteiger partial charge on any atom is -0.336 e. The largest absolute Gasteiger partial charge is 0.336 e. The van der Waals surface area contributed by atoms with E-state index in [0.717, 1.165) is 0 Å². The smallest absolute Gasteiger partial charge is 0.262 e. The van der Waals surface area contributed by atoms with Gasteiger partial charge in [-0.15, -0.1) is 12.4 Å². The van der Waals surface area contributed by atoms with E-state index in [2.05, 4.69) is 4.98 Å². The third-order valence-electron chi connectivity index (χ3n) is 3.86. The van der Waals surface area contributed by atoms with Crippen LogP contribution >= 0.6 is 12.4 Å². The third-order valence-corrected chi connectivity index (χ3v) is 5.59. The number of halogens is 1. The summed E-state index contributed by atoms with van der Waals surface area (Å²) in [7, 11) is -3.50. The summed E-state index contributed by atoms with van der Waals surface area (Å²) in [6.07, 6.45) is 3.81. The van der Waals surface area contributed by atoms with Crippen LogP contribution in [-0.4, -0.2) is 41.4 Å². The summed E-state index contributed by atoms with van der Waals surface area (Å²) in [6, 6.07) is 0.0344. The number of rotatable bonds is 3. The zero-order chi connectivity index (χ0) is 14.3. The Hall–Kier alpha value is -0.630. The lowest BCUT2D eigenvalue weighted by molar-refractivity contribution is 0.155. The van der Waals surface area contributed by atoms with Gasteiger partial charge in [-0.2, -0.15) is 4.31 Å². The summed E-state index contributed by atoms with van der Waals surface area (Å²) < 4.78 is 28.3. The molecule has 116 valence electrons. The molecule has 2 N–H and O–H groups in total. The van der Waals surface area contributed by atoms with Gasteiger partial charge < -0.3 is 10.3 Å². The Morgan fingerprint density at radius 2 is 2.15 bits per heavy atom. The Labute approximate surface area is 126 Å². The SMILES string of the molecule is CCn1cnc(S(=O)(=O)N2CCC(N)C(C)(C)C2)c1.Cl. The molecule has 1 aromatic rings. The monoisotopic (exact) mass is 322 g/mol. The number of nitrogens with two attached hydrogens (primary N) is 1. The molecule has 8 heteroatoms. The minimum atomic E-state index is -3.50. The molecule has 0 aliphatic carbocycles. The van der Waals surface area contributed by atoms with E-state index in [1.54, 1.807) is 17.1 Å². The second-order valence-electron chi connectivity index (χ2n) is 5.76. The number of hydrogen-bond acceptors (Lipinski definition) is 4. The molecule has 20 heavy (non-hydrogen) atoms. The van der Waals surface area contributed by atoms with Gasteiger partial charge in [-0.3, -0.25) is 0 Å². The average molecular weight is 323 g/mol. The highest BCUT2D eigenvalue weighted by atomic mass is 35.5. The van der Waals surface area contributed by atoms with Crippen LogP contribution in [0.3, 0.4) is 0 Å². The molecule has 0 bridgehead atoms. The van der Waals surface area contributed by atoms with Crippen molar-refractivity contribution in [1.29, 1.82) is 0 Å². The number of hydrogen-bond donors (Lipinski definition) is 1. The zero-order valence-electron chi connectivity index (χ0n) is 12.1. The van der Waals surface area contributed by atoms with Crippen molar-refractivity contribution < 1.29 is 8.42 Å². The highest BCUT2D eigenvalue weighted by Crippen LogP contribution is 2.30. The van der Waals surface area contributed by atoms with Gasteiger partial charge in [-0.1, -0.05) is 13.8 Å². The third kappa shape index (κ3) is 3.16. The molecule has 1 aliphatic rings. The number of piperidine rings is 1. The van der Waals surface area contributed by atoms with E-state index in [1.165, 1.54) is 4.31 Å².